The first-order chi connectivity index (χ1) is 18.0. The average molecular weight is 504 g/mol. The Balaban J connectivity index is 1.43. The molecule has 37 heavy (non-hydrogen) atoms. The molecule has 0 unspecified atom stereocenters. The van der Waals surface area contributed by atoms with Crippen LogP contribution in [0.1, 0.15) is 15.9 Å². The summed E-state index contributed by atoms with van der Waals surface area (Å²) in [5.41, 5.74) is 1.22. The highest BCUT2D eigenvalue weighted by Gasteiger charge is 2.09. The normalized spacial score (nSPS) is 9.95. The van der Waals surface area contributed by atoms with Gasteiger partial charge in [-0.25, -0.2) is 14.4 Å². The van der Waals surface area contributed by atoms with Crippen LogP contribution in [0.4, 0.5) is 0 Å². The van der Waals surface area contributed by atoms with Gasteiger partial charge in [0.2, 0.25) is 13.6 Å². The van der Waals surface area contributed by atoms with Crippen LogP contribution in [0.25, 0.3) is 0 Å². The molecular formula is C28H24O9. The summed E-state index contributed by atoms with van der Waals surface area (Å²) in [7, 11) is 0. The van der Waals surface area contributed by atoms with Crippen LogP contribution in [0, 0.1) is 0 Å². The highest BCUT2D eigenvalue weighted by Crippen LogP contribution is 2.21. The smallest absolute Gasteiger partial charge is 0.343 e. The molecule has 9 nitrogen and oxygen atoms in total. The summed E-state index contributed by atoms with van der Waals surface area (Å²) in [4.78, 5) is 34.4. The lowest BCUT2D eigenvalue weighted by Gasteiger charge is -2.10. The fourth-order valence-corrected chi connectivity index (χ4v) is 2.73. The van der Waals surface area contributed by atoms with E-state index < -0.39 is 17.9 Å². The standard InChI is InChI=1S/C28H24O9/c1-3-26(29)35-18-33-23-9-5-20(6-10-23)17-32-22-13-15-25(16-14-22)37-28(31)21-7-11-24(12-8-21)34-19-36-27(30)4-2/h3-16H,1-2,17-19H2. The quantitative estimate of drug-likeness (QED) is 0.143. The molecule has 0 atom stereocenters. The Hall–Kier alpha value is -5.05. The fourth-order valence-electron chi connectivity index (χ4n) is 2.73. The predicted molar refractivity (Wildman–Crippen MR) is 132 cm³/mol. The molecule has 0 saturated heterocycles. The van der Waals surface area contributed by atoms with Crippen molar-refractivity contribution in [3.05, 3.63) is 109 Å². The first-order valence-corrected chi connectivity index (χ1v) is 10.9. The number of carbonyl (C=O) groups is 3. The predicted octanol–water partition coefficient (Wildman–Crippen LogP) is 4.62. The number of hydrogen-bond donors (Lipinski definition) is 0. The average Bonchev–Trinajstić information content (AvgIpc) is 2.93. The largest absolute Gasteiger partial charge is 0.489 e. The molecule has 0 N–H and O–H groups in total. The molecule has 0 aliphatic heterocycles. The van der Waals surface area contributed by atoms with Crippen LogP contribution in [-0.2, 0) is 25.7 Å². The molecule has 0 bridgehead atoms. The topological polar surface area (TPSA) is 107 Å². The second-order valence-corrected chi connectivity index (χ2v) is 7.18. The summed E-state index contributed by atoms with van der Waals surface area (Å²) >= 11 is 0. The number of hydrogen-bond acceptors (Lipinski definition) is 9. The van der Waals surface area contributed by atoms with Crippen molar-refractivity contribution < 1.29 is 42.8 Å². The third-order valence-corrected chi connectivity index (χ3v) is 4.64. The van der Waals surface area contributed by atoms with E-state index in [9.17, 15) is 14.4 Å². The van der Waals surface area contributed by atoms with Crippen molar-refractivity contribution in [2.24, 2.45) is 0 Å². The minimum absolute atomic E-state index is 0.202. The van der Waals surface area contributed by atoms with Crippen LogP contribution in [0.2, 0.25) is 0 Å². The molecule has 0 heterocycles. The Labute approximate surface area is 213 Å². The third-order valence-electron chi connectivity index (χ3n) is 4.64. The molecule has 0 radical (unpaired) electrons. The minimum Gasteiger partial charge on any atom is -0.489 e. The fraction of sp³-hybridized carbons (Fsp3) is 0.107. The van der Waals surface area contributed by atoms with Crippen LogP contribution in [0.15, 0.2) is 98.1 Å². The van der Waals surface area contributed by atoms with Gasteiger partial charge in [0.15, 0.2) is 0 Å². The molecule has 0 aliphatic rings. The zero-order valence-corrected chi connectivity index (χ0v) is 19.8. The van der Waals surface area contributed by atoms with E-state index in [1.54, 1.807) is 48.5 Å². The molecule has 0 amide bonds. The van der Waals surface area contributed by atoms with E-state index in [0.717, 1.165) is 17.7 Å². The summed E-state index contributed by atoms with van der Waals surface area (Å²) in [5.74, 6) is 0.219. The van der Waals surface area contributed by atoms with Crippen LogP contribution < -0.4 is 18.9 Å². The lowest BCUT2D eigenvalue weighted by Crippen LogP contribution is -2.09. The van der Waals surface area contributed by atoms with Gasteiger partial charge in [0.1, 0.15) is 29.6 Å². The van der Waals surface area contributed by atoms with Crippen molar-refractivity contribution in [3.63, 3.8) is 0 Å². The number of rotatable bonds is 13. The number of benzene rings is 3. The van der Waals surface area contributed by atoms with E-state index in [1.807, 2.05) is 12.1 Å². The van der Waals surface area contributed by atoms with E-state index in [1.165, 1.54) is 12.1 Å². The molecule has 3 aromatic carbocycles. The summed E-state index contributed by atoms with van der Waals surface area (Å²) < 4.78 is 31.2. The Morgan fingerprint density at radius 3 is 1.54 bits per heavy atom. The van der Waals surface area contributed by atoms with Gasteiger partial charge in [0.05, 0.1) is 5.56 Å². The molecule has 9 heteroatoms. The summed E-state index contributed by atoms with van der Waals surface area (Å²) in [6.45, 7) is 6.44. The maximum absolute atomic E-state index is 12.4. The zero-order chi connectivity index (χ0) is 26.5. The van der Waals surface area contributed by atoms with Crippen molar-refractivity contribution in [1.29, 1.82) is 0 Å². The maximum Gasteiger partial charge on any atom is 0.343 e. The van der Waals surface area contributed by atoms with Crippen molar-refractivity contribution in [2.45, 2.75) is 6.61 Å². The van der Waals surface area contributed by atoms with Crippen LogP contribution >= 0.6 is 0 Å². The van der Waals surface area contributed by atoms with Crippen LogP contribution in [0.5, 0.6) is 23.0 Å². The molecule has 0 fully saturated rings. The highest BCUT2D eigenvalue weighted by atomic mass is 16.7. The van der Waals surface area contributed by atoms with Crippen molar-refractivity contribution >= 4 is 17.9 Å². The van der Waals surface area contributed by atoms with E-state index in [-0.39, 0.29) is 13.6 Å². The Bertz CT molecular complexity index is 1210. The summed E-state index contributed by atoms with van der Waals surface area (Å²) in [6.07, 6.45) is 2.09. The van der Waals surface area contributed by atoms with E-state index >= 15 is 0 Å². The van der Waals surface area contributed by atoms with Crippen LogP contribution in [0.3, 0.4) is 0 Å². The van der Waals surface area contributed by atoms with Gasteiger partial charge in [0, 0.05) is 12.2 Å². The third kappa shape index (κ3) is 8.91. The van der Waals surface area contributed by atoms with E-state index in [4.69, 9.17) is 28.4 Å². The molecule has 0 aliphatic carbocycles. The van der Waals surface area contributed by atoms with Gasteiger partial charge >= 0.3 is 17.9 Å². The molecule has 0 saturated carbocycles. The van der Waals surface area contributed by atoms with Crippen molar-refractivity contribution in [1.82, 2.24) is 0 Å². The molecule has 190 valence electrons. The van der Waals surface area contributed by atoms with Gasteiger partial charge < -0.3 is 28.4 Å². The highest BCUT2D eigenvalue weighted by molar-refractivity contribution is 5.91. The van der Waals surface area contributed by atoms with Gasteiger partial charge in [-0.3, -0.25) is 0 Å². The van der Waals surface area contributed by atoms with Gasteiger partial charge in [-0.1, -0.05) is 25.3 Å². The van der Waals surface area contributed by atoms with Crippen molar-refractivity contribution in [3.8, 4) is 23.0 Å². The minimum atomic E-state index is -0.595. The first kappa shape index (κ1) is 26.6. The van der Waals surface area contributed by atoms with Crippen LogP contribution in [-0.4, -0.2) is 31.5 Å². The van der Waals surface area contributed by atoms with E-state index in [0.29, 0.717) is 35.2 Å². The Kier molecular flexibility index (Phi) is 9.86. The number of ether oxygens (including phenoxy) is 6. The number of carbonyl (C=O) groups excluding carboxylic acids is 3. The van der Waals surface area contributed by atoms with Gasteiger partial charge in [0.25, 0.3) is 0 Å². The summed E-state index contributed by atoms with van der Waals surface area (Å²) in [5, 5.41) is 0. The van der Waals surface area contributed by atoms with Gasteiger partial charge in [-0.05, 0) is 66.2 Å². The van der Waals surface area contributed by atoms with E-state index in [2.05, 4.69) is 13.2 Å². The molecule has 0 spiro atoms. The second kappa shape index (κ2) is 13.7. The SMILES string of the molecule is C=CC(=O)OCOc1ccc(COc2ccc(OC(=O)c3ccc(OCOC(=O)C=C)cc3)cc2)cc1. The molecule has 3 aromatic rings. The van der Waals surface area contributed by atoms with Gasteiger partial charge in [-0.2, -0.15) is 0 Å². The number of esters is 3. The van der Waals surface area contributed by atoms with Gasteiger partial charge in [-0.15, -0.1) is 0 Å². The lowest BCUT2D eigenvalue weighted by atomic mass is 10.2. The van der Waals surface area contributed by atoms with Crippen molar-refractivity contribution in [2.75, 3.05) is 13.6 Å². The molecular weight excluding hydrogens is 480 g/mol. The Morgan fingerprint density at radius 1 is 0.595 bits per heavy atom. The monoisotopic (exact) mass is 504 g/mol. The maximum atomic E-state index is 12.4. The second-order valence-electron chi connectivity index (χ2n) is 7.18. The molecule has 3 rings (SSSR count). The molecule has 0 aromatic heterocycles. The lowest BCUT2D eigenvalue weighted by molar-refractivity contribution is -0.145. The Morgan fingerprint density at radius 2 is 1.03 bits per heavy atom. The summed E-state index contributed by atoms with van der Waals surface area (Å²) in [6, 6.07) is 19.9. The first-order valence-electron chi connectivity index (χ1n) is 10.9. The zero-order valence-electron chi connectivity index (χ0n) is 19.8.